The van der Waals surface area contributed by atoms with Gasteiger partial charge in [-0.2, -0.15) is 0 Å². The summed E-state index contributed by atoms with van der Waals surface area (Å²) in [6.45, 7) is 7.14. The lowest BCUT2D eigenvalue weighted by Gasteiger charge is -2.29. The highest BCUT2D eigenvalue weighted by atomic mass is 16.6. The third kappa shape index (κ3) is 5.80. The molecule has 2 aromatic rings. The van der Waals surface area contributed by atoms with E-state index in [1.54, 1.807) is 39.0 Å². The molecular weight excluding hydrogens is 318 g/mol. The zero-order valence-electron chi connectivity index (χ0n) is 15.1. The topological polar surface area (TPSA) is 67.8 Å². The van der Waals surface area contributed by atoms with Crippen molar-refractivity contribution in [3.05, 3.63) is 65.7 Å². The number of ether oxygens (including phenoxy) is 2. The largest absolute Gasteiger partial charge is 0.488 e. The number of amides is 1. The van der Waals surface area contributed by atoms with Crippen LogP contribution in [-0.4, -0.2) is 16.8 Å². The van der Waals surface area contributed by atoms with Gasteiger partial charge in [-0.25, -0.2) is 4.79 Å². The highest BCUT2D eigenvalue weighted by Gasteiger charge is 2.30. The van der Waals surface area contributed by atoms with Crippen LogP contribution >= 0.6 is 0 Å². The molecule has 0 bridgehead atoms. The predicted molar refractivity (Wildman–Crippen MR) is 96.2 cm³/mol. The predicted octanol–water partition coefficient (Wildman–Crippen LogP) is 3.96. The highest BCUT2D eigenvalue weighted by molar-refractivity contribution is 5.69. The summed E-state index contributed by atoms with van der Waals surface area (Å²) in [6, 6.07) is 16.8. The minimum atomic E-state index is -1.63. The van der Waals surface area contributed by atoms with Crippen LogP contribution in [0.15, 0.2) is 54.6 Å². The van der Waals surface area contributed by atoms with Crippen molar-refractivity contribution in [2.24, 2.45) is 0 Å². The van der Waals surface area contributed by atoms with Crippen LogP contribution in [0.4, 0.5) is 4.79 Å². The van der Waals surface area contributed by atoms with Gasteiger partial charge in [-0.05, 0) is 39.3 Å². The normalized spacial score (nSPS) is 13.6. The maximum atomic E-state index is 12.0. The Morgan fingerprint density at radius 3 is 2.24 bits per heavy atom. The highest BCUT2D eigenvalue weighted by Crippen LogP contribution is 2.29. The number of benzene rings is 2. The third-order valence-electron chi connectivity index (χ3n) is 3.39. The lowest BCUT2D eigenvalue weighted by atomic mass is 10.0. The van der Waals surface area contributed by atoms with Crippen LogP contribution in [0.1, 0.15) is 38.8 Å². The molecule has 25 heavy (non-hydrogen) atoms. The third-order valence-corrected chi connectivity index (χ3v) is 3.39. The van der Waals surface area contributed by atoms with Crippen molar-refractivity contribution in [3.8, 4) is 5.75 Å². The summed E-state index contributed by atoms with van der Waals surface area (Å²) in [5.74, 6) is 0.493. The van der Waals surface area contributed by atoms with E-state index in [0.717, 1.165) is 5.56 Å². The number of hydrogen-bond acceptors (Lipinski definition) is 4. The molecule has 0 aliphatic rings. The van der Waals surface area contributed by atoms with Crippen LogP contribution in [0, 0.1) is 0 Å². The number of alkyl carbamates (subject to hydrolysis) is 1. The maximum Gasteiger partial charge on any atom is 0.410 e. The standard InChI is InChI=1S/C20H25NO4/c1-19(2,3)25-18(22)21-20(4,23)16-12-8-9-13-17(16)24-14-15-10-6-5-7-11-15/h5-13,23H,14H2,1-4H3,(H,21,22). The number of para-hydroxylation sites is 1. The summed E-state index contributed by atoms with van der Waals surface area (Å²) >= 11 is 0. The summed E-state index contributed by atoms with van der Waals surface area (Å²) < 4.78 is 11.1. The van der Waals surface area contributed by atoms with E-state index in [-0.39, 0.29) is 0 Å². The molecule has 2 N–H and O–H groups in total. The molecule has 2 aromatic carbocycles. The first kappa shape index (κ1) is 18.8. The summed E-state index contributed by atoms with van der Waals surface area (Å²) in [6.07, 6.45) is -0.699. The summed E-state index contributed by atoms with van der Waals surface area (Å²) in [5, 5.41) is 13.2. The lowest BCUT2D eigenvalue weighted by molar-refractivity contribution is -0.00695. The Labute approximate surface area is 148 Å². The number of aliphatic hydroxyl groups is 1. The molecule has 0 spiro atoms. The molecule has 0 aromatic heterocycles. The van der Waals surface area contributed by atoms with Gasteiger partial charge in [-0.3, -0.25) is 5.32 Å². The second kappa shape index (κ2) is 7.57. The molecule has 1 amide bonds. The molecule has 2 rings (SSSR count). The Morgan fingerprint density at radius 1 is 1.00 bits per heavy atom. The van der Waals surface area contributed by atoms with Gasteiger partial charge in [0.25, 0.3) is 0 Å². The molecular formula is C20H25NO4. The van der Waals surface area contributed by atoms with Gasteiger partial charge < -0.3 is 14.6 Å². The molecule has 1 unspecified atom stereocenters. The molecule has 0 saturated carbocycles. The minimum absolute atomic E-state index is 0.361. The fraction of sp³-hybridized carbons (Fsp3) is 0.350. The fourth-order valence-corrected chi connectivity index (χ4v) is 2.30. The van der Waals surface area contributed by atoms with E-state index in [4.69, 9.17) is 9.47 Å². The molecule has 0 aliphatic carbocycles. The van der Waals surface area contributed by atoms with Gasteiger partial charge in [-0.1, -0.05) is 48.5 Å². The van der Waals surface area contributed by atoms with E-state index in [9.17, 15) is 9.90 Å². The molecule has 1 atom stereocenters. The van der Waals surface area contributed by atoms with Crippen molar-refractivity contribution in [2.75, 3.05) is 0 Å². The molecule has 0 heterocycles. The van der Waals surface area contributed by atoms with Crippen LogP contribution < -0.4 is 10.1 Å². The Bertz CT molecular complexity index is 705. The first-order valence-electron chi connectivity index (χ1n) is 8.17. The van der Waals surface area contributed by atoms with Crippen LogP contribution in [0.3, 0.4) is 0 Å². The van der Waals surface area contributed by atoms with E-state index in [1.807, 2.05) is 36.4 Å². The molecule has 0 saturated heterocycles. The van der Waals surface area contributed by atoms with Gasteiger partial charge in [0.05, 0.1) is 0 Å². The Morgan fingerprint density at radius 2 is 1.60 bits per heavy atom. The SMILES string of the molecule is CC(C)(C)OC(=O)NC(C)(O)c1ccccc1OCc1ccccc1. The van der Waals surface area contributed by atoms with Crippen molar-refractivity contribution in [1.82, 2.24) is 5.32 Å². The number of carbonyl (C=O) groups is 1. The summed E-state index contributed by atoms with van der Waals surface area (Å²) in [4.78, 5) is 12.0. The maximum absolute atomic E-state index is 12.0. The Balaban J connectivity index is 2.13. The number of rotatable bonds is 5. The van der Waals surface area contributed by atoms with Crippen LogP contribution in [-0.2, 0) is 17.1 Å². The van der Waals surface area contributed by atoms with Crippen molar-refractivity contribution >= 4 is 6.09 Å². The monoisotopic (exact) mass is 343 g/mol. The van der Waals surface area contributed by atoms with E-state index in [0.29, 0.717) is 17.9 Å². The smallest absolute Gasteiger partial charge is 0.410 e. The second-order valence-electron chi connectivity index (χ2n) is 6.97. The van der Waals surface area contributed by atoms with Crippen LogP contribution in [0.25, 0.3) is 0 Å². The lowest BCUT2D eigenvalue weighted by Crippen LogP contribution is -2.45. The van der Waals surface area contributed by atoms with Gasteiger partial charge in [-0.15, -0.1) is 0 Å². The van der Waals surface area contributed by atoms with E-state index in [2.05, 4.69) is 5.32 Å². The zero-order valence-corrected chi connectivity index (χ0v) is 15.1. The first-order valence-corrected chi connectivity index (χ1v) is 8.17. The average Bonchev–Trinajstić information content (AvgIpc) is 2.52. The average molecular weight is 343 g/mol. The molecule has 0 fully saturated rings. The van der Waals surface area contributed by atoms with E-state index < -0.39 is 17.4 Å². The van der Waals surface area contributed by atoms with Gasteiger partial charge in [0.15, 0.2) is 5.72 Å². The minimum Gasteiger partial charge on any atom is -0.488 e. The summed E-state index contributed by atoms with van der Waals surface area (Å²) in [5.41, 5.74) is -0.812. The van der Waals surface area contributed by atoms with Crippen molar-refractivity contribution < 1.29 is 19.4 Å². The van der Waals surface area contributed by atoms with Crippen molar-refractivity contribution in [2.45, 2.75) is 45.6 Å². The van der Waals surface area contributed by atoms with Gasteiger partial charge in [0.2, 0.25) is 0 Å². The van der Waals surface area contributed by atoms with Gasteiger partial charge in [0, 0.05) is 5.56 Å². The van der Waals surface area contributed by atoms with Gasteiger partial charge in [0.1, 0.15) is 18.0 Å². The van der Waals surface area contributed by atoms with Crippen LogP contribution in [0.5, 0.6) is 5.75 Å². The van der Waals surface area contributed by atoms with Crippen molar-refractivity contribution in [3.63, 3.8) is 0 Å². The molecule has 5 nitrogen and oxygen atoms in total. The Hall–Kier alpha value is -2.53. The van der Waals surface area contributed by atoms with E-state index in [1.165, 1.54) is 6.92 Å². The zero-order chi connectivity index (χ0) is 18.5. The second-order valence-corrected chi connectivity index (χ2v) is 6.97. The molecule has 0 radical (unpaired) electrons. The fourth-order valence-electron chi connectivity index (χ4n) is 2.30. The quantitative estimate of drug-likeness (QED) is 0.807. The van der Waals surface area contributed by atoms with Crippen LogP contribution in [0.2, 0.25) is 0 Å². The molecule has 5 heteroatoms. The molecule has 0 aliphatic heterocycles. The summed E-state index contributed by atoms with van der Waals surface area (Å²) in [7, 11) is 0. The Kier molecular flexibility index (Phi) is 5.69. The first-order chi connectivity index (χ1) is 11.7. The molecule has 134 valence electrons. The van der Waals surface area contributed by atoms with Crippen molar-refractivity contribution in [1.29, 1.82) is 0 Å². The van der Waals surface area contributed by atoms with E-state index >= 15 is 0 Å². The van der Waals surface area contributed by atoms with Gasteiger partial charge >= 0.3 is 6.09 Å². The number of hydrogen-bond donors (Lipinski definition) is 2. The number of nitrogens with one attached hydrogen (secondary N) is 1. The number of carbonyl (C=O) groups excluding carboxylic acids is 1.